The summed E-state index contributed by atoms with van der Waals surface area (Å²) in [7, 11) is 0. The molecule has 0 unspecified atom stereocenters. The molecule has 0 fully saturated rings. The lowest BCUT2D eigenvalue weighted by atomic mass is 10.1. The van der Waals surface area contributed by atoms with Crippen molar-refractivity contribution >= 4 is 38.4 Å². The molecule has 20 heavy (non-hydrogen) atoms. The lowest BCUT2D eigenvalue weighted by Gasteiger charge is -2.08. The highest BCUT2D eigenvalue weighted by atomic mass is 79.9. The molecular weight excluding hydrogens is 318 g/mol. The van der Waals surface area contributed by atoms with E-state index in [1.54, 1.807) is 6.20 Å². The van der Waals surface area contributed by atoms with Gasteiger partial charge in [-0.3, -0.25) is 9.89 Å². The number of nitrogens with zero attached hydrogens (tertiary/aromatic N) is 1. The van der Waals surface area contributed by atoms with Crippen molar-refractivity contribution in [1.29, 1.82) is 0 Å². The molecule has 0 radical (unpaired) electrons. The van der Waals surface area contributed by atoms with E-state index in [-0.39, 0.29) is 5.91 Å². The second kappa shape index (κ2) is 5.09. The maximum absolute atomic E-state index is 12.3. The van der Waals surface area contributed by atoms with Crippen LogP contribution in [0.15, 0.2) is 47.1 Å². The number of hydrogen-bond acceptors (Lipinski definition) is 2. The molecule has 0 bridgehead atoms. The van der Waals surface area contributed by atoms with Crippen LogP contribution in [0.25, 0.3) is 10.9 Å². The number of fused-ring (bicyclic) bond motifs is 1. The first kappa shape index (κ1) is 12.9. The summed E-state index contributed by atoms with van der Waals surface area (Å²) in [5.74, 6) is -0.139. The molecule has 3 aromatic rings. The summed E-state index contributed by atoms with van der Waals surface area (Å²) < 4.78 is 0.781. The average Bonchev–Trinajstić information content (AvgIpc) is 2.89. The Balaban J connectivity index is 1.89. The highest BCUT2D eigenvalue weighted by Crippen LogP contribution is 2.21. The molecule has 2 N–H and O–H groups in total. The summed E-state index contributed by atoms with van der Waals surface area (Å²) in [6.07, 6.45) is 1.75. The van der Waals surface area contributed by atoms with Gasteiger partial charge in [0.25, 0.3) is 5.91 Å². The number of aryl methyl sites for hydroxylation is 1. The van der Waals surface area contributed by atoms with Crippen LogP contribution in [0.1, 0.15) is 15.9 Å². The number of rotatable bonds is 2. The van der Waals surface area contributed by atoms with Crippen molar-refractivity contribution < 1.29 is 4.79 Å². The van der Waals surface area contributed by atoms with Gasteiger partial charge in [0.2, 0.25) is 0 Å². The molecule has 1 heterocycles. The second-order valence-electron chi connectivity index (χ2n) is 4.61. The van der Waals surface area contributed by atoms with Crippen LogP contribution in [-0.4, -0.2) is 16.1 Å². The van der Waals surface area contributed by atoms with Crippen LogP contribution in [0, 0.1) is 6.92 Å². The van der Waals surface area contributed by atoms with Gasteiger partial charge in [-0.1, -0.05) is 11.6 Å². The number of aromatic nitrogens is 2. The van der Waals surface area contributed by atoms with Gasteiger partial charge in [0.1, 0.15) is 0 Å². The molecule has 0 saturated carbocycles. The molecule has 1 aromatic heterocycles. The van der Waals surface area contributed by atoms with E-state index in [4.69, 9.17) is 0 Å². The van der Waals surface area contributed by atoms with Gasteiger partial charge in [0, 0.05) is 15.5 Å². The number of hydrogen-bond donors (Lipinski definition) is 2. The first-order valence-electron chi connectivity index (χ1n) is 6.14. The predicted molar refractivity (Wildman–Crippen MR) is 82.9 cm³/mol. The number of carbonyl (C=O) groups excluding carboxylic acids is 1. The molecule has 5 heteroatoms. The molecule has 0 aliphatic rings. The number of nitrogens with one attached hydrogen (secondary N) is 2. The van der Waals surface area contributed by atoms with E-state index < -0.39 is 0 Å². The fourth-order valence-electron chi connectivity index (χ4n) is 2.03. The molecule has 4 nitrogen and oxygen atoms in total. The summed E-state index contributed by atoms with van der Waals surface area (Å²) in [6.45, 7) is 1.96. The third-order valence-corrected chi connectivity index (χ3v) is 3.76. The maximum atomic E-state index is 12.3. The van der Waals surface area contributed by atoms with E-state index in [0.29, 0.717) is 5.56 Å². The Bertz CT molecular complexity index is 795. The standard InChI is InChI=1S/C15H12BrN3O/c1-9-2-5-13(16)12(6-9)15(20)18-11-4-3-10-8-17-19-14(10)7-11/h2-8H,1H3,(H,17,19)(H,18,20). The van der Waals surface area contributed by atoms with Crippen LogP contribution >= 0.6 is 15.9 Å². The lowest BCUT2D eigenvalue weighted by Crippen LogP contribution is -2.12. The Morgan fingerprint density at radius 3 is 2.95 bits per heavy atom. The number of amides is 1. The highest BCUT2D eigenvalue weighted by molar-refractivity contribution is 9.10. The highest BCUT2D eigenvalue weighted by Gasteiger charge is 2.11. The Hall–Kier alpha value is -2.14. The van der Waals surface area contributed by atoms with Crippen LogP contribution in [0.3, 0.4) is 0 Å². The van der Waals surface area contributed by atoms with Crippen molar-refractivity contribution in [2.45, 2.75) is 6.92 Å². The topological polar surface area (TPSA) is 57.8 Å². The van der Waals surface area contributed by atoms with Gasteiger partial charge in [-0.05, 0) is 53.2 Å². The third-order valence-electron chi connectivity index (χ3n) is 3.07. The zero-order valence-corrected chi connectivity index (χ0v) is 12.4. The van der Waals surface area contributed by atoms with Crippen LogP contribution in [0.2, 0.25) is 0 Å². The Kier molecular flexibility index (Phi) is 3.28. The average molecular weight is 330 g/mol. The number of benzene rings is 2. The molecule has 0 spiro atoms. The minimum atomic E-state index is -0.139. The summed E-state index contributed by atoms with van der Waals surface area (Å²) >= 11 is 3.40. The van der Waals surface area contributed by atoms with Gasteiger partial charge < -0.3 is 5.32 Å². The molecule has 100 valence electrons. The fraction of sp³-hybridized carbons (Fsp3) is 0.0667. The normalized spacial score (nSPS) is 10.7. The Morgan fingerprint density at radius 2 is 2.10 bits per heavy atom. The zero-order valence-electron chi connectivity index (χ0n) is 10.8. The van der Waals surface area contributed by atoms with Crippen molar-refractivity contribution in [3.63, 3.8) is 0 Å². The summed E-state index contributed by atoms with van der Waals surface area (Å²) in [5, 5.41) is 10.7. The van der Waals surface area contributed by atoms with Crippen LogP contribution < -0.4 is 5.32 Å². The van der Waals surface area contributed by atoms with Gasteiger partial charge in [-0.25, -0.2) is 0 Å². The number of aromatic amines is 1. The van der Waals surface area contributed by atoms with E-state index in [0.717, 1.165) is 26.6 Å². The van der Waals surface area contributed by atoms with E-state index in [1.807, 2.05) is 43.3 Å². The molecule has 0 saturated heterocycles. The number of anilines is 1. The van der Waals surface area contributed by atoms with Crippen LogP contribution in [0.5, 0.6) is 0 Å². The Morgan fingerprint density at radius 1 is 1.25 bits per heavy atom. The maximum Gasteiger partial charge on any atom is 0.256 e. The molecule has 3 rings (SSSR count). The molecule has 0 aliphatic carbocycles. The smallest absolute Gasteiger partial charge is 0.256 e. The second-order valence-corrected chi connectivity index (χ2v) is 5.46. The summed E-state index contributed by atoms with van der Waals surface area (Å²) in [6, 6.07) is 11.3. The monoisotopic (exact) mass is 329 g/mol. The Labute approximate surface area is 124 Å². The quantitative estimate of drug-likeness (QED) is 0.749. The van der Waals surface area contributed by atoms with Crippen molar-refractivity contribution in [3.8, 4) is 0 Å². The molecular formula is C15H12BrN3O. The van der Waals surface area contributed by atoms with Crippen LogP contribution in [0.4, 0.5) is 5.69 Å². The van der Waals surface area contributed by atoms with E-state index in [9.17, 15) is 4.79 Å². The van der Waals surface area contributed by atoms with Gasteiger partial charge in [-0.2, -0.15) is 5.10 Å². The minimum Gasteiger partial charge on any atom is -0.322 e. The number of carbonyl (C=O) groups is 1. The van der Waals surface area contributed by atoms with Crippen molar-refractivity contribution in [2.24, 2.45) is 0 Å². The van der Waals surface area contributed by atoms with Crippen molar-refractivity contribution in [3.05, 3.63) is 58.2 Å². The largest absolute Gasteiger partial charge is 0.322 e. The van der Waals surface area contributed by atoms with Gasteiger partial charge in [0.05, 0.1) is 17.3 Å². The lowest BCUT2D eigenvalue weighted by molar-refractivity contribution is 0.102. The molecule has 0 aliphatic heterocycles. The number of halogens is 1. The minimum absolute atomic E-state index is 0.139. The number of H-pyrrole nitrogens is 1. The van der Waals surface area contributed by atoms with E-state index in [1.165, 1.54) is 0 Å². The summed E-state index contributed by atoms with van der Waals surface area (Å²) in [4.78, 5) is 12.3. The SMILES string of the molecule is Cc1ccc(Br)c(C(=O)Nc2ccc3cn[nH]c3c2)c1. The van der Waals surface area contributed by atoms with Gasteiger partial charge in [-0.15, -0.1) is 0 Å². The first-order valence-corrected chi connectivity index (χ1v) is 6.93. The van der Waals surface area contributed by atoms with Gasteiger partial charge in [0.15, 0.2) is 0 Å². The molecule has 0 atom stereocenters. The zero-order chi connectivity index (χ0) is 14.1. The fourth-order valence-corrected chi connectivity index (χ4v) is 2.45. The molecule has 1 amide bonds. The van der Waals surface area contributed by atoms with Crippen LogP contribution in [-0.2, 0) is 0 Å². The molecule has 2 aromatic carbocycles. The first-order chi connectivity index (χ1) is 9.63. The van der Waals surface area contributed by atoms with Crippen molar-refractivity contribution in [2.75, 3.05) is 5.32 Å². The van der Waals surface area contributed by atoms with Gasteiger partial charge >= 0.3 is 0 Å². The van der Waals surface area contributed by atoms with Crippen molar-refractivity contribution in [1.82, 2.24) is 10.2 Å². The van der Waals surface area contributed by atoms with E-state index in [2.05, 4.69) is 31.4 Å². The van der Waals surface area contributed by atoms with E-state index >= 15 is 0 Å². The summed E-state index contributed by atoms with van der Waals surface area (Å²) in [5.41, 5.74) is 3.29. The third kappa shape index (κ3) is 2.44. The predicted octanol–water partition coefficient (Wildman–Crippen LogP) is 3.89.